The molecule has 1 aromatic heterocycles. The van der Waals surface area contributed by atoms with E-state index in [0.29, 0.717) is 6.54 Å². The minimum atomic E-state index is -0.0384. The molecule has 0 saturated carbocycles. The number of hydrogen-bond donors (Lipinski definition) is 1. The standard InChI is InChI=1S/C10H14BrN3O/c1-7-4-8(5-12-10(7)11)13-9(15)6-14(2)3/h4-5H,6H2,1-3H3,(H,13,15). The number of amides is 1. The van der Waals surface area contributed by atoms with E-state index in [4.69, 9.17) is 0 Å². The van der Waals surface area contributed by atoms with Crippen LogP contribution in [0, 0.1) is 6.92 Å². The van der Waals surface area contributed by atoms with Gasteiger partial charge in [0.2, 0.25) is 5.91 Å². The second-order valence-electron chi connectivity index (χ2n) is 3.62. The molecule has 0 radical (unpaired) electrons. The number of pyridine rings is 1. The van der Waals surface area contributed by atoms with Crippen molar-refractivity contribution in [2.45, 2.75) is 6.92 Å². The molecule has 15 heavy (non-hydrogen) atoms. The van der Waals surface area contributed by atoms with Crippen molar-refractivity contribution in [3.05, 3.63) is 22.4 Å². The highest BCUT2D eigenvalue weighted by Crippen LogP contribution is 2.16. The molecule has 0 atom stereocenters. The number of nitrogens with one attached hydrogen (secondary N) is 1. The Bertz CT molecular complexity index is 366. The van der Waals surface area contributed by atoms with Gasteiger partial charge < -0.3 is 10.2 Å². The van der Waals surface area contributed by atoms with Crippen molar-refractivity contribution < 1.29 is 4.79 Å². The van der Waals surface area contributed by atoms with Crippen molar-refractivity contribution >= 4 is 27.5 Å². The Morgan fingerprint density at radius 3 is 2.80 bits per heavy atom. The number of carbonyl (C=O) groups excluding carboxylic acids is 1. The third-order valence-electron chi connectivity index (χ3n) is 1.76. The number of rotatable bonds is 3. The molecule has 0 bridgehead atoms. The molecule has 1 amide bonds. The summed E-state index contributed by atoms with van der Waals surface area (Å²) in [6.07, 6.45) is 1.63. The van der Waals surface area contributed by atoms with Gasteiger partial charge in [-0.3, -0.25) is 4.79 Å². The van der Waals surface area contributed by atoms with Crippen LogP contribution in [-0.4, -0.2) is 36.4 Å². The van der Waals surface area contributed by atoms with Gasteiger partial charge in [0.1, 0.15) is 4.60 Å². The zero-order valence-corrected chi connectivity index (χ0v) is 10.6. The normalized spacial score (nSPS) is 10.5. The number of aromatic nitrogens is 1. The van der Waals surface area contributed by atoms with Crippen LogP contribution in [0.5, 0.6) is 0 Å². The van der Waals surface area contributed by atoms with Crippen LogP contribution in [0.3, 0.4) is 0 Å². The molecule has 0 unspecified atom stereocenters. The summed E-state index contributed by atoms with van der Waals surface area (Å²) in [7, 11) is 3.70. The molecule has 5 heteroatoms. The van der Waals surface area contributed by atoms with Crippen molar-refractivity contribution in [3.8, 4) is 0 Å². The molecular formula is C10H14BrN3O. The van der Waals surface area contributed by atoms with E-state index < -0.39 is 0 Å². The number of hydrogen-bond acceptors (Lipinski definition) is 3. The Labute approximate surface area is 97.8 Å². The highest BCUT2D eigenvalue weighted by atomic mass is 79.9. The van der Waals surface area contributed by atoms with Gasteiger partial charge in [0.25, 0.3) is 0 Å². The van der Waals surface area contributed by atoms with Crippen LogP contribution in [0.1, 0.15) is 5.56 Å². The minimum absolute atomic E-state index is 0.0384. The van der Waals surface area contributed by atoms with Crippen molar-refractivity contribution in [1.82, 2.24) is 9.88 Å². The molecule has 0 aromatic carbocycles. The fourth-order valence-electron chi connectivity index (χ4n) is 1.11. The van der Waals surface area contributed by atoms with Crippen LogP contribution in [0.2, 0.25) is 0 Å². The first-order valence-electron chi connectivity index (χ1n) is 4.56. The van der Waals surface area contributed by atoms with Crippen molar-refractivity contribution in [1.29, 1.82) is 0 Å². The fourth-order valence-corrected chi connectivity index (χ4v) is 1.33. The zero-order valence-electron chi connectivity index (χ0n) is 9.04. The van der Waals surface area contributed by atoms with Gasteiger partial charge in [-0.05, 0) is 48.6 Å². The van der Waals surface area contributed by atoms with Crippen molar-refractivity contribution in [2.75, 3.05) is 26.0 Å². The first-order valence-corrected chi connectivity index (χ1v) is 5.35. The molecule has 4 nitrogen and oxygen atoms in total. The Morgan fingerprint density at radius 2 is 2.27 bits per heavy atom. The van der Waals surface area contributed by atoms with Gasteiger partial charge in [0, 0.05) is 0 Å². The summed E-state index contributed by atoms with van der Waals surface area (Å²) in [6, 6.07) is 1.88. The highest BCUT2D eigenvalue weighted by molar-refractivity contribution is 9.10. The van der Waals surface area contributed by atoms with Crippen LogP contribution < -0.4 is 5.32 Å². The van der Waals surface area contributed by atoms with E-state index in [1.165, 1.54) is 0 Å². The summed E-state index contributed by atoms with van der Waals surface area (Å²) in [6.45, 7) is 2.30. The van der Waals surface area contributed by atoms with Crippen LogP contribution in [0.15, 0.2) is 16.9 Å². The predicted molar refractivity (Wildman–Crippen MR) is 63.9 cm³/mol. The number of likely N-dealkylation sites (N-methyl/N-ethyl adjacent to an activating group) is 1. The van der Waals surface area contributed by atoms with Gasteiger partial charge in [0.15, 0.2) is 0 Å². The maximum Gasteiger partial charge on any atom is 0.238 e. The molecule has 0 aliphatic heterocycles. The molecule has 1 heterocycles. The molecular weight excluding hydrogens is 258 g/mol. The molecule has 0 spiro atoms. The highest BCUT2D eigenvalue weighted by Gasteiger charge is 2.04. The minimum Gasteiger partial charge on any atom is -0.324 e. The van der Waals surface area contributed by atoms with E-state index in [-0.39, 0.29) is 5.91 Å². The van der Waals surface area contributed by atoms with E-state index >= 15 is 0 Å². The van der Waals surface area contributed by atoms with E-state index in [2.05, 4.69) is 26.2 Å². The molecule has 82 valence electrons. The van der Waals surface area contributed by atoms with Crippen LogP contribution >= 0.6 is 15.9 Å². The summed E-state index contributed by atoms with van der Waals surface area (Å²) in [5, 5.41) is 2.78. The number of anilines is 1. The van der Waals surface area contributed by atoms with E-state index in [1.54, 1.807) is 6.20 Å². The van der Waals surface area contributed by atoms with Gasteiger partial charge in [-0.2, -0.15) is 0 Å². The van der Waals surface area contributed by atoms with Gasteiger partial charge >= 0.3 is 0 Å². The quantitative estimate of drug-likeness (QED) is 0.851. The van der Waals surface area contributed by atoms with Gasteiger partial charge in [-0.1, -0.05) is 0 Å². The number of nitrogens with zero attached hydrogens (tertiary/aromatic N) is 2. The Kier molecular flexibility index (Phi) is 4.23. The summed E-state index contributed by atoms with van der Waals surface area (Å²) in [5.41, 5.74) is 1.72. The largest absolute Gasteiger partial charge is 0.324 e. The summed E-state index contributed by atoms with van der Waals surface area (Å²) in [4.78, 5) is 17.3. The first-order chi connectivity index (χ1) is 6.99. The first kappa shape index (κ1) is 12.1. The average molecular weight is 272 g/mol. The van der Waals surface area contributed by atoms with E-state index in [0.717, 1.165) is 15.9 Å². The second-order valence-corrected chi connectivity index (χ2v) is 4.37. The fraction of sp³-hybridized carbons (Fsp3) is 0.400. The molecule has 0 saturated heterocycles. The maximum atomic E-state index is 11.4. The Balaban J connectivity index is 2.65. The van der Waals surface area contributed by atoms with E-state index in [9.17, 15) is 4.79 Å². The molecule has 1 N–H and O–H groups in total. The summed E-state index contributed by atoms with van der Waals surface area (Å²) >= 11 is 3.30. The average Bonchev–Trinajstić information content (AvgIpc) is 2.10. The zero-order chi connectivity index (χ0) is 11.4. The van der Waals surface area contributed by atoms with Gasteiger partial charge in [-0.15, -0.1) is 0 Å². The summed E-state index contributed by atoms with van der Waals surface area (Å²) < 4.78 is 0.799. The smallest absolute Gasteiger partial charge is 0.238 e. The lowest BCUT2D eigenvalue weighted by Gasteiger charge is -2.10. The van der Waals surface area contributed by atoms with Crippen molar-refractivity contribution in [2.24, 2.45) is 0 Å². The van der Waals surface area contributed by atoms with Gasteiger partial charge in [0.05, 0.1) is 18.4 Å². The number of aryl methyl sites for hydroxylation is 1. The maximum absolute atomic E-state index is 11.4. The SMILES string of the molecule is Cc1cc(NC(=O)CN(C)C)cnc1Br. The van der Waals surface area contributed by atoms with Crippen LogP contribution in [0.4, 0.5) is 5.69 Å². The van der Waals surface area contributed by atoms with Gasteiger partial charge in [-0.25, -0.2) is 4.98 Å². The molecule has 0 aliphatic carbocycles. The second kappa shape index (κ2) is 5.23. The summed E-state index contributed by atoms with van der Waals surface area (Å²) in [5.74, 6) is -0.0384. The molecule has 1 rings (SSSR count). The van der Waals surface area contributed by atoms with E-state index in [1.807, 2.05) is 32.0 Å². The van der Waals surface area contributed by atoms with Crippen molar-refractivity contribution in [3.63, 3.8) is 0 Å². The number of carbonyl (C=O) groups is 1. The Morgan fingerprint density at radius 1 is 1.60 bits per heavy atom. The third kappa shape index (κ3) is 3.97. The number of halogens is 1. The third-order valence-corrected chi connectivity index (χ3v) is 2.59. The molecule has 0 aliphatic rings. The predicted octanol–water partition coefficient (Wildman–Crippen LogP) is 1.65. The lowest BCUT2D eigenvalue weighted by atomic mass is 10.3. The Hall–Kier alpha value is -0.940. The van der Waals surface area contributed by atoms with Crippen LogP contribution in [0.25, 0.3) is 0 Å². The lowest BCUT2D eigenvalue weighted by Crippen LogP contribution is -2.27. The molecule has 0 fully saturated rings. The van der Waals surface area contributed by atoms with Crippen LogP contribution in [-0.2, 0) is 4.79 Å². The monoisotopic (exact) mass is 271 g/mol. The topological polar surface area (TPSA) is 45.2 Å². The lowest BCUT2D eigenvalue weighted by molar-refractivity contribution is -0.116. The molecule has 1 aromatic rings.